The molecule has 3 saturated heterocycles. The van der Waals surface area contributed by atoms with Crippen molar-refractivity contribution in [1.29, 1.82) is 0 Å². The maximum atomic E-state index is 12.9. The molecule has 2 amide bonds. The van der Waals surface area contributed by atoms with Crippen LogP contribution in [0.3, 0.4) is 0 Å². The van der Waals surface area contributed by atoms with Gasteiger partial charge in [0.05, 0.1) is 0 Å². The molecule has 0 radical (unpaired) electrons. The minimum atomic E-state index is -0.291. The highest BCUT2D eigenvalue weighted by Gasteiger charge is 2.32. The number of carbonyl (C=O) groups is 2. The molecule has 3 aliphatic heterocycles. The lowest BCUT2D eigenvalue weighted by Crippen LogP contribution is -2.53. The summed E-state index contributed by atoms with van der Waals surface area (Å²) >= 11 is 0. The van der Waals surface area contributed by atoms with E-state index in [1.54, 1.807) is 11.0 Å². The summed E-state index contributed by atoms with van der Waals surface area (Å²) in [6, 6.07) is 1.80. The summed E-state index contributed by atoms with van der Waals surface area (Å²) in [6.07, 6.45) is 6.51. The van der Waals surface area contributed by atoms with Crippen molar-refractivity contribution in [3.05, 3.63) is 18.1 Å². The van der Waals surface area contributed by atoms with Gasteiger partial charge in [-0.25, -0.2) is 9.97 Å². The fourth-order valence-corrected chi connectivity index (χ4v) is 4.03. The highest BCUT2D eigenvalue weighted by molar-refractivity contribution is 5.93. The zero-order valence-corrected chi connectivity index (χ0v) is 15.7. The zero-order valence-electron chi connectivity index (χ0n) is 15.7. The van der Waals surface area contributed by atoms with E-state index in [4.69, 9.17) is 4.74 Å². The van der Waals surface area contributed by atoms with Crippen molar-refractivity contribution >= 4 is 17.6 Å². The third kappa shape index (κ3) is 4.05. The maximum Gasteiger partial charge on any atom is 0.272 e. The molecule has 1 atom stereocenters. The molecule has 0 bridgehead atoms. The average molecular weight is 373 g/mol. The van der Waals surface area contributed by atoms with E-state index in [2.05, 4.69) is 14.9 Å². The second kappa shape index (κ2) is 8.21. The van der Waals surface area contributed by atoms with Crippen LogP contribution in [0.2, 0.25) is 0 Å². The Balaban J connectivity index is 1.35. The van der Waals surface area contributed by atoms with Crippen LogP contribution in [0.15, 0.2) is 12.4 Å². The number of aromatic nitrogens is 2. The summed E-state index contributed by atoms with van der Waals surface area (Å²) in [5.41, 5.74) is 0.435. The van der Waals surface area contributed by atoms with Gasteiger partial charge in [0.15, 0.2) is 0 Å². The molecule has 3 fully saturated rings. The predicted octanol–water partition coefficient (Wildman–Crippen LogP) is 0.930. The van der Waals surface area contributed by atoms with Crippen LogP contribution in [0.1, 0.15) is 42.6 Å². The second-order valence-electron chi connectivity index (χ2n) is 7.43. The van der Waals surface area contributed by atoms with Crippen molar-refractivity contribution in [2.75, 3.05) is 50.8 Å². The molecule has 4 rings (SSSR count). The normalized spacial score (nSPS) is 23.6. The standard InChI is InChI=1S/C19H27N5O3/c25-18(15-13-17(21-14-20-15)22-6-2-1-3-7-22)23-8-10-24(11-9-23)19(26)16-5-4-12-27-16/h13-14,16H,1-12H2. The van der Waals surface area contributed by atoms with Crippen LogP contribution in [-0.4, -0.2) is 83.6 Å². The number of hydrogen-bond donors (Lipinski definition) is 0. The van der Waals surface area contributed by atoms with Crippen molar-refractivity contribution in [1.82, 2.24) is 19.8 Å². The highest BCUT2D eigenvalue weighted by Crippen LogP contribution is 2.19. The lowest BCUT2D eigenvalue weighted by atomic mass is 10.1. The van der Waals surface area contributed by atoms with Crippen molar-refractivity contribution in [2.24, 2.45) is 0 Å². The Morgan fingerprint density at radius 2 is 1.67 bits per heavy atom. The molecule has 0 spiro atoms. The summed E-state index contributed by atoms with van der Waals surface area (Å²) in [5, 5.41) is 0. The number of hydrogen-bond acceptors (Lipinski definition) is 6. The molecule has 1 aromatic rings. The molecule has 8 nitrogen and oxygen atoms in total. The molecule has 1 aromatic heterocycles. The van der Waals surface area contributed by atoms with Crippen molar-refractivity contribution in [3.8, 4) is 0 Å². The summed E-state index contributed by atoms with van der Waals surface area (Å²) in [6.45, 7) is 4.79. The Morgan fingerprint density at radius 3 is 2.37 bits per heavy atom. The first-order chi connectivity index (χ1) is 13.2. The van der Waals surface area contributed by atoms with E-state index in [1.807, 2.05) is 4.90 Å². The molecule has 3 aliphatic rings. The van der Waals surface area contributed by atoms with Gasteiger partial charge in [0.1, 0.15) is 23.9 Å². The van der Waals surface area contributed by atoms with Crippen LogP contribution in [0.5, 0.6) is 0 Å². The predicted molar refractivity (Wildman–Crippen MR) is 99.6 cm³/mol. The monoisotopic (exact) mass is 373 g/mol. The van der Waals surface area contributed by atoms with Gasteiger partial charge >= 0.3 is 0 Å². The minimum Gasteiger partial charge on any atom is -0.368 e. The van der Waals surface area contributed by atoms with E-state index in [-0.39, 0.29) is 17.9 Å². The van der Waals surface area contributed by atoms with Crippen LogP contribution in [0.25, 0.3) is 0 Å². The van der Waals surface area contributed by atoms with Gasteiger partial charge in [0, 0.05) is 51.9 Å². The van der Waals surface area contributed by atoms with E-state index in [1.165, 1.54) is 12.7 Å². The van der Waals surface area contributed by atoms with Crippen molar-refractivity contribution in [3.63, 3.8) is 0 Å². The first kappa shape index (κ1) is 18.2. The second-order valence-corrected chi connectivity index (χ2v) is 7.43. The lowest BCUT2D eigenvalue weighted by Gasteiger charge is -2.35. The Morgan fingerprint density at radius 1 is 0.926 bits per heavy atom. The Bertz CT molecular complexity index is 678. The molecule has 4 heterocycles. The van der Waals surface area contributed by atoms with Gasteiger partial charge in [-0.3, -0.25) is 9.59 Å². The fourth-order valence-electron chi connectivity index (χ4n) is 4.03. The molecule has 8 heteroatoms. The van der Waals surface area contributed by atoms with Crippen LogP contribution in [0, 0.1) is 0 Å². The summed E-state index contributed by atoms with van der Waals surface area (Å²) in [4.78, 5) is 39.7. The Kier molecular flexibility index (Phi) is 5.52. The zero-order chi connectivity index (χ0) is 18.6. The van der Waals surface area contributed by atoms with Gasteiger partial charge < -0.3 is 19.4 Å². The van der Waals surface area contributed by atoms with Gasteiger partial charge in [-0.2, -0.15) is 0 Å². The Labute approximate surface area is 159 Å². The number of rotatable bonds is 3. The quantitative estimate of drug-likeness (QED) is 0.784. The van der Waals surface area contributed by atoms with E-state index in [9.17, 15) is 9.59 Å². The molecule has 27 heavy (non-hydrogen) atoms. The maximum absolute atomic E-state index is 12.9. The summed E-state index contributed by atoms with van der Waals surface area (Å²) < 4.78 is 5.49. The molecular formula is C19H27N5O3. The summed E-state index contributed by atoms with van der Waals surface area (Å²) in [5.74, 6) is 0.814. The van der Waals surface area contributed by atoms with Crippen LogP contribution >= 0.6 is 0 Å². The SMILES string of the molecule is O=C(c1cc(N2CCCCC2)ncn1)N1CCN(C(=O)C2CCCO2)CC1. The number of anilines is 1. The largest absolute Gasteiger partial charge is 0.368 e. The van der Waals surface area contributed by atoms with Gasteiger partial charge in [0.25, 0.3) is 11.8 Å². The van der Waals surface area contributed by atoms with E-state index < -0.39 is 0 Å². The number of carbonyl (C=O) groups excluding carboxylic acids is 2. The first-order valence-electron chi connectivity index (χ1n) is 9.99. The van der Waals surface area contributed by atoms with Gasteiger partial charge in [-0.1, -0.05) is 0 Å². The smallest absolute Gasteiger partial charge is 0.272 e. The number of ether oxygens (including phenoxy) is 1. The van der Waals surface area contributed by atoms with E-state index in [0.717, 1.165) is 44.6 Å². The topological polar surface area (TPSA) is 78.9 Å². The molecule has 0 aromatic carbocycles. The highest BCUT2D eigenvalue weighted by atomic mass is 16.5. The number of amides is 2. The van der Waals surface area contributed by atoms with Crippen molar-refractivity contribution in [2.45, 2.75) is 38.2 Å². The molecule has 0 N–H and O–H groups in total. The molecule has 0 aliphatic carbocycles. The van der Waals surface area contributed by atoms with Crippen molar-refractivity contribution < 1.29 is 14.3 Å². The first-order valence-corrected chi connectivity index (χ1v) is 9.99. The van der Waals surface area contributed by atoms with Crippen LogP contribution < -0.4 is 4.90 Å². The number of piperidine rings is 1. The number of piperazine rings is 1. The van der Waals surface area contributed by atoms with E-state index in [0.29, 0.717) is 38.5 Å². The molecule has 1 unspecified atom stereocenters. The fraction of sp³-hybridized carbons (Fsp3) is 0.684. The third-order valence-electron chi connectivity index (χ3n) is 5.64. The Hall–Kier alpha value is -2.22. The van der Waals surface area contributed by atoms with E-state index >= 15 is 0 Å². The number of nitrogens with zero attached hydrogens (tertiary/aromatic N) is 5. The lowest BCUT2D eigenvalue weighted by molar-refractivity contribution is -0.142. The van der Waals surface area contributed by atoms with Gasteiger partial charge in [-0.05, 0) is 32.1 Å². The summed E-state index contributed by atoms with van der Waals surface area (Å²) in [7, 11) is 0. The van der Waals surface area contributed by atoms with Crippen LogP contribution in [-0.2, 0) is 9.53 Å². The third-order valence-corrected chi connectivity index (χ3v) is 5.64. The molecular weight excluding hydrogens is 346 g/mol. The van der Waals surface area contributed by atoms with Gasteiger partial charge in [-0.15, -0.1) is 0 Å². The molecule has 0 saturated carbocycles. The minimum absolute atomic E-state index is 0.0639. The van der Waals surface area contributed by atoms with Crippen LogP contribution in [0.4, 0.5) is 5.82 Å². The average Bonchev–Trinajstić information content (AvgIpc) is 3.28. The van der Waals surface area contributed by atoms with Gasteiger partial charge in [0.2, 0.25) is 0 Å². The molecule has 146 valence electrons.